The summed E-state index contributed by atoms with van der Waals surface area (Å²) in [6.45, 7) is 4.94. The first-order valence-electron chi connectivity index (χ1n) is 6.46. The highest BCUT2D eigenvalue weighted by Crippen LogP contribution is 2.16. The number of rotatable bonds is 6. The molecule has 0 aromatic heterocycles. The molecule has 1 aromatic carbocycles. The fourth-order valence-corrected chi connectivity index (χ4v) is 1.86. The van der Waals surface area contributed by atoms with Gasteiger partial charge < -0.3 is 10.6 Å². The third-order valence-electron chi connectivity index (χ3n) is 2.89. The van der Waals surface area contributed by atoms with Crippen LogP contribution in [0.5, 0.6) is 0 Å². The van der Waals surface area contributed by atoms with E-state index in [4.69, 9.17) is 5.73 Å². The Morgan fingerprint density at radius 2 is 1.95 bits per heavy atom. The minimum Gasteiger partial charge on any atom is -0.339 e. The highest BCUT2D eigenvalue weighted by atomic mass is 19.1. The number of hydrogen-bond acceptors (Lipinski definition) is 2. The topological polar surface area (TPSA) is 46.3 Å². The number of aryl methyl sites for hydroxylation is 1. The largest absolute Gasteiger partial charge is 0.339 e. The molecule has 0 spiro atoms. The molecule has 3 nitrogen and oxygen atoms in total. The second-order valence-corrected chi connectivity index (χ2v) is 4.52. The molecule has 0 aliphatic heterocycles. The van der Waals surface area contributed by atoms with Crippen LogP contribution in [0.2, 0.25) is 0 Å². The zero-order valence-electron chi connectivity index (χ0n) is 11.4. The molecule has 0 atom stereocenters. The number of nitrogens with two attached hydrogens (primary N) is 1. The Balaban J connectivity index is 2.98. The smallest absolute Gasteiger partial charge is 0.256 e. The van der Waals surface area contributed by atoms with Gasteiger partial charge in [0.15, 0.2) is 0 Å². The second-order valence-electron chi connectivity index (χ2n) is 4.52. The van der Waals surface area contributed by atoms with Crippen molar-refractivity contribution in [2.75, 3.05) is 19.6 Å². The fraction of sp³-hybridized carbons (Fsp3) is 0.500. The number of hydrogen-bond donors (Lipinski definition) is 1. The SMILES string of the molecule is CCCN(CCCN)C(=O)c1cc(C)c(F)cc1F. The molecule has 2 N–H and O–H groups in total. The summed E-state index contributed by atoms with van der Waals surface area (Å²) in [5, 5.41) is 0. The molecule has 0 fully saturated rings. The number of benzene rings is 1. The van der Waals surface area contributed by atoms with E-state index >= 15 is 0 Å². The third kappa shape index (κ3) is 3.99. The summed E-state index contributed by atoms with van der Waals surface area (Å²) in [6, 6.07) is 2.02. The lowest BCUT2D eigenvalue weighted by atomic mass is 10.1. The lowest BCUT2D eigenvalue weighted by Crippen LogP contribution is -2.34. The number of halogens is 2. The van der Waals surface area contributed by atoms with Crippen LogP contribution < -0.4 is 5.73 Å². The molecule has 106 valence electrons. The third-order valence-corrected chi connectivity index (χ3v) is 2.89. The van der Waals surface area contributed by atoms with Crippen LogP contribution in [-0.2, 0) is 0 Å². The molecule has 1 amide bonds. The molecule has 0 heterocycles. The summed E-state index contributed by atoms with van der Waals surface area (Å²) in [4.78, 5) is 13.8. The van der Waals surface area contributed by atoms with Gasteiger partial charge in [0.25, 0.3) is 5.91 Å². The van der Waals surface area contributed by atoms with Gasteiger partial charge in [0.05, 0.1) is 5.56 Å². The average Bonchev–Trinajstić information content (AvgIpc) is 2.38. The highest BCUT2D eigenvalue weighted by Gasteiger charge is 2.19. The summed E-state index contributed by atoms with van der Waals surface area (Å²) in [5.74, 6) is -1.86. The van der Waals surface area contributed by atoms with Gasteiger partial charge >= 0.3 is 0 Å². The van der Waals surface area contributed by atoms with Crippen molar-refractivity contribution < 1.29 is 13.6 Å². The summed E-state index contributed by atoms with van der Waals surface area (Å²) in [7, 11) is 0. The van der Waals surface area contributed by atoms with Crippen LogP contribution in [0, 0.1) is 18.6 Å². The van der Waals surface area contributed by atoms with Gasteiger partial charge in [-0.25, -0.2) is 8.78 Å². The molecule has 0 aliphatic rings. The molecule has 0 unspecified atom stereocenters. The standard InChI is InChI=1S/C14H20F2N2O/c1-3-6-18(7-4-5-17)14(19)11-8-10(2)12(15)9-13(11)16/h8-9H,3-7,17H2,1-2H3. The molecule has 0 saturated carbocycles. The fourth-order valence-electron chi connectivity index (χ4n) is 1.86. The van der Waals surface area contributed by atoms with Crippen LogP contribution in [-0.4, -0.2) is 30.4 Å². The van der Waals surface area contributed by atoms with Gasteiger partial charge in [-0.2, -0.15) is 0 Å². The molecule has 0 aliphatic carbocycles. The van der Waals surface area contributed by atoms with Crippen molar-refractivity contribution in [2.45, 2.75) is 26.7 Å². The maximum absolute atomic E-state index is 13.7. The van der Waals surface area contributed by atoms with Crippen molar-refractivity contribution in [3.05, 3.63) is 34.9 Å². The van der Waals surface area contributed by atoms with Crippen molar-refractivity contribution in [2.24, 2.45) is 5.73 Å². The van der Waals surface area contributed by atoms with Gasteiger partial charge in [-0.15, -0.1) is 0 Å². The Morgan fingerprint density at radius 1 is 1.26 bits per heavy atom. The Hall–Kier alpha value is -1.49. The van der Waals surface area contributed by atoms with E-state index in [2.05, 4.69) is 0 Å². The molecule has 1 aromatic rings. The molecule has 0 bridgehead atoms. The van der Waals surface area contributed by atoms with Crippen molar-refractivity contribution in [3.8, 4) is 0 Å². The first-order chi connectivity index (χ1) is 9.01. The van der Waals surface area contributed by atoms with Gasteiger partial charge in [-0.05, 0) is 37.9 Å². The molecule has 0 radical (unpaired) electrons. The summed E-state index contributed by atoms with van der Waals surface area (Å²) in [5.41, 5.74) is 5.61. The Bertz CT molecular complexity index is 449. The van der Waals surface area contributed by atoms with Gasteiger partial charge in [-0.3, -0.25) is 4.79 Å². The molecule has 1 rings (SSSR count). The van der Waals surface area contributed by atoms with Gasteiger partial charge in [0.2, 0.25) is 0 Å². The molecule has 19 heavy (non-hydrogen) atoms. The maximum Gasteiger partial charge on any atom is 0.256 e. The number of nitrogens with zero attached hydrogens (tertiary/aromatic N) is 1. The zero-order chi connectivity index (χ0) is 14.4. The molecular formula is C14H20F2N2O. The van der Waals surface area contributed by atoms with Crippen LogP contribution in [0.25, 0.3) is 0 Å². The van der Waals surface area contributed by atoms with Crippen molar-refractivity contribution in [1.82, 2.24) is 4.90 Å². The Morgan fingerprint density at radius 3 is 2.53 bits per heavy atom. The summed E-state index contributed by atoms with van der Waals surface area (Å²) in [6.07, 6.45) is 1.44. The first-order valence-corrected chi connectivity index (χ1v) is 6.46. The average molecular weight is 270 g/mol. The van der Waals surface area contributed by atoms with E-state index in [9.17, 15) is 13.6 Å². The summed E-state index contributed by atoms with van der Waals surface area (Å²) < 4.78 is 26.9. The van der Waals surface area contributed by atoms with E-state index in [1.807, 2.05) is 6.92 Å². The normalized spacial score (nSPS) is 10.6. The van der Waals surface area contributed by atoms with Crippen LogP contribution in [0.15, 0.2) is 12.1 Å². The predicted molar refractivity (Wildman–Crippen MR) is 71.0 cm³/mol. The van der Waals surface area contributed by atoms with E-state index in [1.165, 1.54) is 13.0 Å². The maximum atomic E-state index is 13.7. The minimum atomic E-state index is -0.818. The summed E-state index contributed by atoms with van der Waals surface area (Å²) >= 11 is 0. The molecule has 5 heteroatoms. The Labute approximate surface area is 112 Å². The van der Waals surface area contributed by atoms with E-state index < -0.39 is 17.5 Å². The van der Waals surface area contributed by atoms with Gasteiger partial charge in [-0.1, -0.05) is 6.92 Å². The minimum absolute atomic E-state index is 0.0793. The van der Waals surface area contributed by atoms with E-state index in [0.29, 0.717) is 26.1 Å². The lowest BCUT2D eigenvalue weighted by molar-refractivity contribution is 0.0749. The number of amides is 1. The predicted octanol–water partition coefficient (Wildman–Crippen LogP) is 2.47. The molecule has 0 saturated heterocycles. The highest BCUT2D eigenvalue weighted by molar-refractivity contribution is 5.94. The van der Waals surface area contributed by atoms with Crippen LogP contribution in [0.1, 0.15) is 35.7 Å². The van der Waals surface area contributed by atoms with E-state index in [-0.39, 0.29) is 11.1 Å². The zero-order valence-corrected chi connectivity index (χ0v) is 11.4. The van der Waals surface area contributed by atoms with Gasteiger partial charge in [0, 0.05) is 19.2 Å². The van der Waals surface area contributed by atoms with Crippen molar-refractivity contribution in [1.29, 1.82) is 0 Å². The van der Waals surface area contributed by atoms with Crippen LogP contribution in [0.3, 0.4) is 0 Å². The van der Waals surface area contributed by atoms with Crippen LogP contribution >= 0.6 is 0 Å². The number of carbonyl (C=O) groups is 1. The monoisotopic (exact) mass is 270 g/mol. The second kappa shape index (κ2) is 7.19. The quantitative estimate of drug-likeness (QED) is 0.863. The van der Waals surface area contributed by atoms with Crippen LogP contribution in [0.4, 0.5) is 8.78 Å². The van der Waals surface area contributed by atoms with Crippen molar-refractivity contribution >= 4 is 5.91 Å². The Kier molecular flexibility index (Phi) is 5.89. The van der Waals surface area contributed by atoms with Gasteiger partial charge in [0.1, 0.15) is 11.6 Å². The van der Waals surface area contributed by atoms with Crippen molar-refractivity contribution in [3.63, 3.8) is 0 Å². The first kappa shape index (κ1) is 15.6. The number of carbonyl (C=O) groups excluding carboxylic acids is 1. The molecular weight excluding hydrogens is 250 g/mol. The lowest BCUT2D eigenvalue weighted by Gasteiger charge is -2.22. The van der Waals surface area contributed by atoms with E-state index in [1.54, 1.807) is 4.90 Å². The van der Waals surface area contributed by atoms with E-state index in [0.717, 1.165) is 12.5 Å².